The van der Waals surface area contributed by atoms with Gasteiger partial charge in [-0.15, -0.1) is 0 Å². The van der Waals surface area contributed by atoms with Gasteiger partial charge < -0.3 is 4.74 Å². The van der Waals surface area contributed by atoms with Gasteiger partial charge >= 0.3 is 0 Å². The lowest BCUT2D eigenvalue weighted by atomic mass is 9.87. The predicted molar refractivity (Wildman–Crippen MR) is 71.4 cm³/mol. The monoisotopic (exact) mass is 272 g/mol. The molecule has 0 N–H and O–H groups in total. The van der Waals surface area contributed by atoms with Crippen LogP contribution in [0.2, 0.25) is 0 Å². The lowest BCUT2D eigenvalue weighted by Gasteiger charge is -2.19. The Morgan fingerprint density at radius 1 is 1.06 bits per heavy atom. The van der Waals surface area contributed by atoms with Crippen molar-refractivity contribution in [2.24, 2.45) is 0 Å². The fourth-order valence-corrected chi connectivity index (χ4v) is 1.77. The Morgan fingerprint density at radius 2 is 1.61 bits per heavy atom. The van der Waals surface area contributed by atoms with Crippen LogP contribution < -0.4 is 4.74 Å². The standard InChI is InChI=1S/C13H20O4S/c1-13(2,3)11-5-7-12(8-6-11)16-9-10-17-18(4,14)15/h5-8H,9-10H2,1-4H3. The van der Waals surface area contributed by atoms with E-state index < -0.39 is 10.1 Å². The highest BCUT2D eigenvalue weighted by molar-refractivity contribution is 7.85. The molecule has 0 radical (unpaired) electrons. The molecule has 0 aliphatic rings. The lowest BCUT2D eigenvalue weighted by molar-refractivity contribution is 0.222. The van der Waals surface area contributed by atoms with Crippen molar-refractivity contribution in [3.05, 3.63) is 29.8 Å². The molecule has 5 heteroatoms. The van der Waals surface area contributed by atoms with Gasteiger partial charge in [-0.1, -0.05) is 32.9 Å². The van der Waals surface area contributed by atoms with Crippen molar-refractivity contribution in [2.75, 3.05) is 19.5 Å². The van der Waals surface area contributed by atoms with E-state index in [1.54, 1.807) is 0 Å². The van der Waals surface area contributed by atoms with Crippen LogP contribution >= 0.6 is 0 Å². The van der Waals surface area contributed by atoms with Crippen LogP contribution in [0, 0.1) is 0 Å². The zero-order valence-corrected chi connectivity index (χ0v) is 12.1. The van der Waals surface area contributed by atoms with E-state index in [9.17, 15) is 8.42 Å². The highest BCUT2D eigenvalue weighted by Crippen LogP contribution is 2.24. The fraction of sp³-hybridized carbons (Fsp3) is 0.538. The average molecular weight is 272 g/mol. The summed E-state index contributed by atoms with van der Waals surface area (Å²) in [6, 6.07) is 7.77. The van der Waals surface area contributed by atoms with Crippen molar-refractivity contribution in [3.63, 3.8) is 0 Å². The van der Waals surface area contributed by atoms with E-state index in [4.69, 9.17) is 4.74 Å². The maximum Gasteiger partial charge on any atom is 0.264 e. The van der Waals surface area contributed by atoms with E-state index in [1.807, 2.05) is 24.3 Å². The Balaban J connectivity index is 2.45. The first-order valence-corrected chi connectivity index (χ1v) is 7.58. The van der Waals surface area contributed by atoms with Crippen LogP contribution in [-0.2, 0) is 19.7 Å². The van der Waals surface area contributed by atoms with Gasteiger partial charge in [-0.2, -0.15) is 8.42 Å². The molecule has 102 valence electrons. The summed E-state index contributed by atoms with van der Waals surface area (Å²) in [5, 5.41) is 0. The first-order chi connectivity index (χ1) is 8.18. The molecular weight excluding hydrogens is 252 g/mol. The normalized spacial score (nSPS) is 12.4. The first-order valence-electron chi connectivity index (χ1n) is 5.76. The largest absolute Gasteiger partial charge is 0.491 e. The number of hydrogen-bond acceptors (Lipinski definition) is 4. The Morgan fingerprint density at radius 3 is 2.06 bits per heavy atom. The molecule has 18 heavy (non-hydrogen) atoms. The molecule has 1 aromatic rings. The minimum Gasteiger partial charge on any atom is -0.491 e. The highest BCUT2D eigenvalue weighted by atomic mass is 32.2. The third-order valence-corrected chi connectivity index (χ3v) is 2.96. The molecule has 0 saturated heterocycles. The molecule has 0 fully saturated rings. The number of ether oxygens (including phenoxy) is 1. The van der Waals surface area contributed by atoms with Gasteiger partial charge in [0.15, 0.2) is 0 Å². The van der Waals surface area contributed by atoms with Gasteiger partial charge in [0.2, 0.25) is 0 Å². The van der Waals surface area contributed by atoms with Gasteiger partial charge in [-0.25, -0.2) is 0 Å². The molecule has 1 aromatic carbocycles. The Bertz CT molecular complexity index is 469. The van der Waals surface area contributed by atoms with E-state index in [-0.39, 0.29) is 18.6 Å². The maximum absolute atomic E-state index is 10.7. The van der Waals surface area contributed by atoms with E-state index in [0.29, 0.717) is 5.75 Å². The molecule has 0 unspecified atom stereocenters. The summed E-state index contributed by atoms with van der Waals surface area (Å²) >= 11 is 0. The molecule has 0 amide bonds. The number of benzene rings is 1. The van der Waals surface area contributed by atoms with Crippen molar-refractivity contribution in [1.29, 1.82) is 0 Å². The smallest absolute Gasteiger partial charge is 0.264 e. The van der Waals surface area contributed by atoms with Crippen LogP contribution in [0.1, 0.15) is 26.3 Å². The van der Waals surface area contributed by atoms with Gasteiger partial charge in [-0.05, 0) is 23.1 Å². The SMILES string of the molecule is CC(C)(C)c1ccc(OCCOS(C)(=O)=O)cc1. The maximum atomic E-state index is 10.7. The summed E-state index contributed by atoms with van der Waals surface area (Å²) in [4.78, 5) is 0. The second kappa shape index (κ2) is 5.71. The molecule has 0 aromatic heterocycles. The zero-order valence-electron chi connectivity index (χ0n) is 11.3. The highest BCUT2D eigenvalue weighted by Gasteiger charge is 2.12. The second-order valence-corrected chi connectivity index (χ2v) is 6.79. The minimum absolute atomic E-state index is 0.0276. The van der Waals surface area contributed by atoms with Gasteiger partial charge in [0, 0.05) is 0 Å². The lowest BCUT2D eigenvalue weighted by Crippen LogP contribution is -2.12. The molecule has 0 heterocycles. The van der Waals surface area contributed by atoms with E-state index in [0.717, 1.165) is 6.26 Å². The van der Waals surface area contributed by atoms with Crippen molar-refractivity contribution in [2.45, 2.75) is 26.2 Å². The predicted octanol–water partition coefficient (Wildman–Crippen LogP) is 2.34. The van der Waals surface area contributed by atoms with Gasteiger partial charge in [0.25, 0.3) is 10.1 Å². The molecule has 0 atom stereocenters. The molecule has 0 aliphatic carbocycles. The van der Waals surface area contributed by atoms with Crippen LogP contribution in [0.5, 0.6) is 5.75 Å². The summed E-state index contributed by atoms with van der Waals surface area (Å²) in [7, 11) is -3.38. The molecule has 0 bridgehead atoms. The van der Waals surface area contributed by atoms with Crippen LogP contribution in [0.4, 0.5) is 0 Å². The molecule has 0 spiro atoms. The fourth-order valence-electron chi connectivity index (χ4n) is 1.40. The molecule has 0 aliphatic heterocycles. The van der Waals surface area contributed by atoms with Crippen LogP contribution in [0.3, 0.4) is 0 Å². The van der Waals surface area contributed by atoms with Crippen molar-refractivity contribution < 1.29 is 17.3 Å². The van der Waals surface area contributed by atoms with Crippen LogP contribution in [-0.4, -0.2) is 27.9 Å². The summed E-state index contributed by atoms with van der Waals surface area (Å²) < 4.78 is 31.4. The van der Waals surface area contributed by atoms with Gasteiger partial charge in [0.05, 0.1) is 6.26 Å². The average Bonchev–Trinajstić information content (AvgIpc) is 2.22. The number of rotatable bonds is 5. The van der Waals surface area contributed by atoms with E-state index >= 15 is 0 Å². The second-order valence-electron chi connectivity index (χ2n) is 5.15. The summed E-state index contributed by atoms with van der Waals surface area (Å²) in [6.07, 6.45) is 1.02. The molecule has 4 nitrogen and oxygen atoms in total. The topological polar surface area (TPSA) is 52.6 Å². The third-order valence-electron chi connectivity index (χ3n) is 2.37. The minimum atomic E-state index is -3.38. The van der Waals surface area contributed by atoms with E-state index in [1.165, 1.54) is 5.56 Å². The zero-order chi connectivity index (χ0) is 13.8. The van der Waals surface area contributed by atoms with Crippen molar-refractivity contribution in [3.8, 4) is 5.75 Å². The van der Waals surface area contributed by atoms with Crippen LogP contribution in [0.15, 0.2) is 24.3 Å². The van der Waals surface area contributed by atoms with Crippen LogP contribution in [0.25, 0.3) is 0 Å². The quantitative estimate of drug-likeness (QED) is 0.610. The number of hydrogen-bond donors (Lipinski definition) is 0. The van der Waals surface area contributed by atoms with Crippen molar-refractivity contribution in [1.82, 2.24) is 0 Å². The third kappa shape index (κ3) is 5.51. The molecule has 0 saturated carbocycles. The van der Waals surface area contributed by atoms with Crippen molar-refractivity contribution >= 4 is 10.1 Å². The first kappa shape index (κ1) is 15.0. The summed E-state index contributed by atoms with van der Waals surface area (Å²) in [6.45, 7) is 6.66. The summed E-state index contributed by atoms with van der Waals surface area (Å²) in [5.41, 5.74) is 1.33. The van der Waals surface area contributed by atoms with E-state index in [2.05, 4.69) is 25.0 Å². The Labute approximate surface area is 109 Å². The molecule has 1 rings (SSSR count). The van der Waals surface area contributed by atoms with Gasteiger partial charge in [-0.3, -0.25) is 4.18 Å². The molecular formula is C13H20O4S. The summed E-state index contributed by atoms with van der Waals surface area (Å²) in [5.74, 6) is 0.708. The Hall–Kier alpha value is -1.07. The van der Waals surface area contributed by atoms with Gasteiger partial charge in [0.1, 0.15) is 19.0 Å². The Kier molecular flexibility index (Phi) is 4.76.